The molecular weight excluding hydrogens is 206 g/mol. The van der Waals surface area contributed by atoms with Crippen LogP contribution in [0.3, 0.4) is 0 Å². The summed E-state index contributed by atoms with van der Waals surface area (Å²) in [7, 11) is 2.05. The first-order valence-corrected chi connectivity index (χ1v) is 5.40. The van der Waals surface area contributed by atoms with Gasteiger partial charge in [0.25, 0.3) is 0 Å². The number of rotatable bonds is 1. The number of hydrogen-bond acceptors (Lipinski definition) is 1. The Balaban J connectivity index is 2.34. The van der Waals surface area contributed by atoms with Crippen molar-refractivity contribution in [2.24, 2.45) is 0 Å². The highest BCUT2D eigenvalue weighted by atomic mass is 35.5. The third kappa shape index (κ3) is 2.07. The Bertz CT molecular complexity index is 420. The summed E-state index contributed by atoms with van der Waals surface area (Å²) < 4.78 is 0. The maximum atomic E-state index is 6.16. The van der Waals surface area contributed by atoms with Crippen molar-refractivity contribution in [2.75, 3.05) is 7.05 Å². The van der Waals surface area contributed by atoms with Crippen LogP contribution in [0.15, 0.2) is 48.3 Å². The molecule has 0 saturated heterocycles. The molecule has 0 saturated carbocycles. The fraction of sp³-hybridized carbons (Fsp3) is 0.231. The van der Waals surface area contributed by atoms with E-state index in [1.165, 1.54) is 11.3 Å². The quantitative estimate of drug-likeness (QED) is 0.695. The van der Waals surface area contributed by atoms with Gasteiger partial charge in [-0.2, -0.15) is 0 Å². The molecule has 1 atom stereocenters. The van der Waals surface area contributed by atoms with Gasteiger partial charge in [0.15, 0.2) is 0 Å². The Morgan fingerprint density at radius 2 is 2.00 bits per heavy atom. The SMILES string of the molecule is CC1=CC(c2ccccc2Cl)C=CN1C. The normalized spacial score (nSPS) is 20.3. The van der Waals surface area contributed by atoms with Crippen LogP contribution in [0.4, 0.5) is 0 Å². The predicted octanol–water partition coefficient (Wildman–Crippen LogP) is 3.79. The number of nitrogens with zero attached hydrogens (tertiary/aromatic N) is 1. The van der Waals surface area contributed by atoms with Gasteiger partial charge in [0.1, 0.15) is 0 Å². The van der Waals surface area contributed by atoms with Crippen LogP contribution in [0, 0.1) is 0 Å². The van der Waals surface area contributed by atoms with Crippen molar-refractivity contribution < 1.29 is 0 Å². The topological polar surface area (TPSA) is 3.24 Å². The average molecular weight is 220 g/mol. The lowest BCUT2D eigenvalue weighted by atomic mass is 9.96. The molecule has 2 heteroatoms. The van der Waals surface area contributed by atoms with Crippen molar-refractivity contribution in [1.29, 1.82) is 0 Å². The molecule has 1 aliphatic heterocycles. The van der Waals surface area contributed by atoms with Crippen molar-refractivity contribution in [3.05, 3.63) is 58.9 Å². The van der Waals surface area contributed by atoms with Gasteiger partial charge in [-0.05, 0) is 18.6 Å². The van der Waals surface area contributed by atoms with Crippen LogP contribution in [0.1, 0.15) is 18.4 Å². The van der Waals surface area contributed by atoms with E-state index in [-0.39, 0.29) is 0 Å². The fourth-order valence-electron chi connectivity index (χ4n) is 1.71. The summed E-state index contributed by atoms with van der Waals surface area (Å²) in [4.78, 5) is 2.10. The minimum Gasteiger partial charge on any atom is -0.355 e. The molecule has 0 bridgehead atoms. The first-order valence-electron chi connectivity index (χ1n) is 5.02. The summed E-state index contributed by atoms with van der Waals surface area (Å²) in [6.07, 6.45) is 6.47. The van der Waals surface area contributed by atoms with Crippen molar-refractivity contribution in [2.45, 2.75) is 12.8 Å². The van der Waals surface area contributed by atoms with E-state index in [2.05, 4.69) is 36.2 Å². The molecule has 0 N–H and O–H groups in total. The fourth-order valence-corrected chi connectivity index (χ4v) is 1.97. The van der Waals surface area contributed by atoms with E-state index in [1.807, 2.05) is 25.2 Å². The molecule has 0 amide bonds. The molecule has 0 radical (unpaired) electrons. The average Bonchev–Trinajstić information content (AvgIpc) is 2.23. The molecule has 1 aromatic rings. The van der Waals surface area contributed by atoms with Crippen LogP contribution in [-0.2, 0) is 0 Å². The highest BCUT2D eigenvalue weighted by Crippen LogP contribution is 2.30. The zero-order chi connectivity index (χ0) is 10.8. The van der Waals surface area contributed by atoms with Gasteiger partial charge >= 0.3 is 0 Å². The monoisotopic (exact) mass is 219 g/mol. The van der Waals surface area contributed by atoms with Gasteiger partial charge in [0, 0.05) is 29.9 Å². The maximum absolute atomic E-state index is 6.16. The van der Waals surface area contributed by atoms with Crippen LogP contribution in [0.25, 0.3) is 0 Å². The summed E-state index contributed by atoms with van der Waals surface area (Å²) in [6.45, 7) is 2.10. The Morgan fingerprint density at radius 1 is 1.27 bits per heavy atom. The van der Waals surface area contributed by atoms with Crippen molar-refractivity contribution in [3.63, 3.8) is 0 Å². The first-order chi connectivity index (χ1) is 7.18. The highest BCUT2D eigenvalue weighted by Gasteiger charge is 2.13. The van der Waals surface area contributed by atoms with Gasteiger partial charge in [0.05, 0.1) is 0 Å². The summed E-state index contributed by atoms with van der Waals surface area (Å²) in [5, 5.41) is 0.834. The van der Waals surface area contributed by atoms with Crippen molar-refractivity contribution >= 4 is 11.6 Å². The minimum absolute atomic E-state index is 0.301. The summed E-state index contributed by atoms with van der Waals surface area (Å²) in [5.74, 6) is 0.301. The molecule has 2 rings (SSSR count). The van der Waals surface area contributed by atoms with E-state index in [1.54, 1.807) is 0 Å². The summed E-state index contributed by atoms with van der Waals surface area (Å²) >= 11 is 6.16. The molecular formula is C13H14ClN. The standard InChI is InChI=1S/C13H14ClN/c1-10-9-11(7-8-15(10)2)12-5-3-4-6-13(12)14/h3-9,11H,1-2H3. The van der Waals surface area contributed by atoms with Crippen molar-refractivity contribution in [1.82, 2.24) is 4.90 Å². The second kappa shape index (κ2) is 4.11. The third-order valence-electron chi connectivity index (χ3n) is 2.76. The van der Waals surface area contributed by atoms with Gasteiger partial charge in [-0.25, -0.2) is 0 Å². The van der Waals surface area contributed by atoms with Crippen LogP contribution in [0.5, 0.6) is 0 Å². The first kappa shape index (κ1) is 10.3. The van der Waals surface area contributed by atoms with Crippen LogP contribution >= 0.6 is 11.6 Å². The van der Waals surface area contributed by atoms with Gasteiger partial charge in [-0.15, -0.1) is 0 Å². The maximum Gasteiger partial charge on any atom is 0.0447 e. The summed E-state index contributed by atoms with van der Waals surface area (Å²) in [5.41, 5.74) is 2.42. The molecule has 1 aliphatic rings. The number of benzene rings is 1. The van der Waals surface area contributed by atoms with Crippen molar-refractivity contribution in [3.8, 4) is 0 Å². The Morgan fingerprint density at radius 3 is 2.67 bits per heavy atom. The smallest absolute Gasteiger partial charge is 0.0447 e. The lowest BCUT2D eigenvalue weighted by Gasteiger charge is -2.23. The Labute approximate surface area is 95.7 Å². The second-order valence-corrected chi connectivity index (χ2v) is 4.21. The van der Waals surface area contributed by atoms with E-state index in [0.29, 0.717) is 5.92 Å². The van der Waals surface area contributed by atoms with Gasteiger partial charge < -0.3 is 4.90 Å². The third-order valence-corrected chi connectivity index (χ3v) is 3.10. The van der Waals surface area contributed by atoms with Crippen LogP contribution in [-0.4, -0.2) is 11.9 Å². The molecule has 1 heterocycles. The second-order valence-electron chi connectivity index (χ2n) is 3.81. The zero-order valence-electron chi connectivity index (χ0n) is 8.94. The van der Waals surface area contributed by atoms with E-state index in [4.69, 9.17) is 11.6 Å². The Hall–Kier alpha value is -1.21. The van der Waals surface area contributed by atoms with Crippen LogP contribution in [0.2, 0.25) is 5.02 Å². The molecule has 0 spiro atoms. The van der Waals surface area contributed by atoms with E-state index >= 15 is 0 Å². The minimum atomic E-state index is 0.301. The number of hydrogen-bond donors (Lipinski definition) is 0. The number of allylic oxidation sites excluding steroid dienone is 3. The van der Waals surface area contributed by atoms with Gasteiger partial charge in [-0.3, -0.25) is 0 Å². The largest absolute Gasteiger partial charge is 0.355 e. The Kier molecular flexibility index (Phi) is 2.83. The molecule has 0 aliphatic carbocycles. The molecule has 0 aromatic heterocycles. The molecule has 1 unspecified atom stereocenters. The molecule has 1 nitrogen and oxygen atoms in total. The lowest BCUT2D eigenvalue weighted by Crippen LogP contribution is -2.13. The molecule has 0 fully saturated rings. The molecule has 1 aromatic carbocycles. The van der Waals surface area contributed by atoms with E-state index in [9.17, 15) is 0 Å². The van der Waals surface area contributed by atoms with E-state index < -0.39 is 0 Å². The predicted molar refractivity (Wildman–Crippen MR) is 64.9 cm³/mol. The van der Waals surface area contributed by atoms with Crippen LogP contribution < -0.4 is 0 Å². The zero-order valence-corrected chi connectivity index (χ0v) is 9.70. The number of halogens is 1. The summed E-state index contributed by atoms with van der Waals surface area (Å²) in [6, 6.07) is 8.00. The molecule has 15 heavy (non-hydrogen) atoms. The highest BCUT2D eigenvalue weighted by molar-refractivity contribution is 6.31. The van der Waals surface area contributed by atoms with Gasteiger partial charge in [0.2, 0.25) is 0 Å². The molecule has 78 valence electrons. The van der Waals surface area contributed by atoms with E-state index in [0.717, 1.165) is 5.02 Å². The van der Waals surface area contributed by atoms with Gasteiger partial charge in [-0.1, -0.05) is 42.0 Å². The lowest BCUT2D eigenvalue weighted by molar-refractivity contribution is 0.550.